The van der Waals surface area contributed by atoms with Crippen molar-refractivity contribution < 1.29 is 18.7 Å². The predicted molar refractivity (Wildman–Crippen MR) is 103 cm³/mol. The van der Waals surface area contributed by atoms with E-state index in [0.29, 0.717) is 35.0 Å². The molecule has 2 aromatic carbocycles. The number of benzene rings is 2. The molecule has 0 atom stereocenters. The Labute approximate surface area is 165 Å². The molecule has 0 unspecified atom stereocenters. The van der Waals surface area contributed by atoms with Gasteiger partial charge in [-0.15, -0.1) is 0 Å². The van der Waals surface area contributed by atoms with Crippen LogP contribution >= 0.6 is 11.6 Å². The Bertz CT molecular complexity index is 1040. The van der Waals surface area contributed by atoms with Gasteiger partial charge in [0.05, 0.1) is 22.5 Å². The number of nitrogens with one attached hydrogen (secondary N) is 2. The molecule has 2 N–H and O–H groups in total. The van der Waals surface area contributed by atoms with Crippen molar-refractivity contribution in [2.45, 2.75) is 6.54 Å². The smallest absolute Gasteiger partial charge is 0.253 e. The number of anilines is 2. The number of aromatic nitrogens is 1. The van der Waals surface area contributed by atoms with Crippen molar-refractivity contribution in [3.63, 3.8) is 0 Å². The summed E-state index contributed by atoms with van der Waals surface area (Å²) in [6.07, 6.45) is 3.03. The van der Waals surface area contributed by atoms with Gasteiger partial charge in [0.1, 0.15) is 5.82 Å². The average molecular weight is 400 g/mol. The number of hydrogen-bond donors (Lipinski definition) is 2. The molecule has 2 heterocycles. The van der Waals surface area contributed by atoms with Crippen molar-refractivity contribution in [3.05, 3.63) is 76.8 Å². The van der Waals surface area contributed by atoms with Crippen LogP contribution in [-0.2, 0) is 6.54 Å². The second kappa shape index (κ2) is 7.74. The quantitative estimate of drug-likeness (QED) is 0.670. The zero-order valence-electron chi connectivity index (χ0n) is 14.5. The number of nitrogens with zero attached hydrogens (tertiary/aromatic N) is 1. The van der Waals surface area contributed by atoms with Crippen molar-refractivity contribution in [1.29, 1.82) is 0 Å². The van der Waals surface area contributed by atoms with Gasteiger partial charge in [-0.25, -0.2) is 4.39 Å². The molecule has 28 heavy (non-hydrogen) atoms. The third-order valence-electron chi connectivity index (χ3n) is 4.10. The molecule has 0 radical (unpaired) electrons. The first kappa shape index (κ1) is 18.1. The van der Waals surface area contributed by atoms with Gasteiger partial charge in [-0.3, -0.25) is 9.78 Å². The molecule has 0 saturated heterocycles. The number of hydrogen-bond acceptors (Lipinski definition) is 5. The molecule has 3 aromatic rings. The number of fused-ring (bicyclic) bond motifs is 1. The van der Waals surface area contributed by atoms with Crippen LogP contribution in [0.2, 0.25) is 5.02 Å². The Morgan fingerprint density at radius 1 is 1.07 bits per heavy atom. The molecule has 1 aliphatic heterocycles. The van der Waals surface area contributed by atoms with Crippen LogP contribution in [0.4, 0.5) is 15.8 Å². The number of carbonyl (C=O) groups excluding carboxylic acids is 1. The van der Waals surface area contributed by atoms with Gasteiger partial charge in [-0.1, -0.05) is 17.7 Å². The highest BCUT2D eigenvalue weighted by Crippen LogP contribution is 2.32. The normalized spacial score (nSPS) is 11.9. The number of halogens is 2. The Hall–Kier alpha value is -3.32. The molecule has 0 saturated carbocycles. The molecule has 1 amide bonds. The Morgan fingerprint density at radius 3 is 2.79 bits per heavy atom. The summed E-state index contributed by atoms with van der Waals surface area (Å²) in [5.41, 5.74) is 2.45. The van der Waals surface area contributed by atoms with Crippen molar-refractivity contribution in [1.82, 2.24) is 10.3 Å². The maximum Gasteiger partial charge on any atom is 0.253 e. The van der Waals surface area contributed by atoms with Gasteiger partial charge in [0.2, 0.25) is 6.79 Å². The van der Waals surface area contributed by atoms with E-state index in [0.717, 1.165) is 5.56 Å². The second-order valence-corrected chi connectivity index (χ2v) is 6.49. The first-order chi connectivity index (χ1) is 13.6. The summed E-state index contributed by atoms with van der Waals surface area (Å²) < 4.78 is 23.9. The molecular formula is C20H15ClFN3O3. The maximum absolute atomic E-state index is 13.3. The third-order valence-corrected chi connectivity index (χ3v) is 4.39. The average Bonchev–Trinajstić information content (AvgIpc) is 3.17. The fraction of sp³-hybridized carbons (Fsp3) is 0.100. The van der Waals surface area contributed by atoms with E-state index in [9.17, 15) is 9.18 Å². The lowest BCUT2D eigenvalue weighted by molar-refractivity contribution is 0.0950. The van der Waals surface area contributed by atoms with Crippen LogP contribution in [0.5, 0.6) is 11.5 Å². The monoisotopic (exact) mass is 399 g/mol. The van der Waals surface area contributed by atoms with Crippen LogP contribution in [0.1, 0.15) is 15.9 Å². The van der Waals surface area contributed by atoms with Gasteiger partial charge in [0.25, 0.3) is 5.91 Å². The lowest BCUT2D eigenvalue weighted by Gasteiger charge is -2.09. The van der Waals surface area contributed by atoms with Gasteiger partial charge in [0, 0.05) is 18.4 Å². The second-order valence-electron chi connectivity index (χ2n) is 6.09. The summed E-state index contributed by atoms with van der Waals surface area (Å²) in [6, 6.07) is 11.4. The van der Waals surface area contributed by atoms with Crippen LogP contribution in [-0.4, -0.2) is 17.7 Å². The standard InChI is InChI=1S/C20H15ClFN3O3/c21-16-7-14(2-3-17(16)22)25-15-6-13(9-23-10-15)20(26)24-8-12-1-4-18-19(5-12)28-11-27-18/h1-7,9-10,25H,8,11H2,(H,24,26). The molecule has 0 bridgehead atoms. The van der Waals surface area contributed by atoms with Crippen LogP contribution < -0.4 is 20.1 Å². The van der Waals surface area contributed by atoms with E-state index in [1.165, 1.54) is 18.3 Å². The van der Waals surface area contributed by atoms with E-state index in [1.54, 1.807) is 18.3 Å². The maximum atomic E-state index is 13.3. The Kier molecular flexibility index (Phi) is 4.99. The minimum Gasteiger partial charge on any atom is -0.454 e. The lowest BCUT2D eigenvalue weighted by Crippen LogP contribution is -2.23. The van der Waals surface area contributed by atoms with Crippen LogP contribution in [0.15, 0.2) is 54.9 Å². The molecule has 142 valence electrons. The molecule has 0 aliphatic carbocycles. The van der Waals surface area contributed by atoms with Crippen molar-refractivity contribution in [2.75, 3.05) is 12.1 Å². The highest BCUT2D eigenvalue weighted by molar-refractivity contribution is 6.31. The van der Waals surface area contributed by atoms with Crippen molar-refractivity contribution in [3.8, 4) is 11.5 Å². The largest absolute Gasteiger partial charge is 0.454 e. The molecule has 4 rings (SSSR count). The molecule has 0 fully saturated rings. The van der Waals surface area contributed by atoms with Gasteiger partial charge in [-0.05, 0) is 42.0 Å². The number of rotatable bonds is 5. The summed E-state index contributed by atoms with van der Waals surface area (Å²) in [4.78, 5) is 16.5. The highest BCUT2D eigenvalue weighted by atomic mass is 35.5. The number of ether oxygens (including phenoxy) is 2. The zero-order valence-corrected chi connectivity index (χ0v) is 15.3. The predicted octanol–water partition coefficient (Wildman–Crippen LogP) is 4.28. The van der Waals surface area contributed by atoms with E-state index in [4.69, 9.17) is 21.1 Å². The van der Waals surface area contributed by atoms with Crippen molar-refractivity contribution >= 4 is 28.9 Å². The molecule has 8 heteroatoms. The zero-order chi connectivity index (χ0) is 19.5. The number of pyridine rings is 1. The highest BCUT2D eigenvalue weighted by Gasteiger charge is 2.14. The van der Waals surface area contributed by atoms with Gasteiger partial charge < -0.3 is 20.1 Å². The van der Waals surface area contributed by atoms with Gasteiger partial charge in [0.15, 0.2) is 11.5 Å². The first-order valence-electron chi connectivity index (χ1n) is 8.42. The fourth-order valence-electron chi connectivity index (χ4n) is 2.71. The van der Waals surface area contributed by atoms with Crippen LogP contribution in [0.25, 0.3) is 0 Å². The minimum absolute atomic E-state index is 0.00980. The van der Waals surface area contributed by atoms with Gasteiger partial charge >= 0.3 is 0 Å². The SMILES string of the molecule is O=C(NCc1ccc2c(c1)OCO2)c1cncc(Nc2ccc(F)c(Cl)c2)c1. The topological polar surface area (TPSA) is 72.5 Å². The number of carbonyl (C=O) groups is 1. The van der Waals surface area contributed by atoms with E-state index in [1.807, 2.05) is 18.2 Å². The fourth-order valence-corrected chi connectivity index (χ4v) is 2.89. The molecule has 1 aliphatic rings. The van der Waals surface area contributed by atoms with Crippen LogP contribution in [0.3, 0.4) is 0 Å². The number of amides is 1. The summed E-state index contributed by atoms with van der Waals surface area (Å²) in [5, 5.41) is 5.90. The molecular weight excluding hydrogens is 385 g/mol. The Morgan fingerprint density at radius 2 is 1.93 bits per heavy atom. The summed E-state index contributed by atoms with van der Waals surface area (Å²) >= 11 is 5.78. The summed E-state index contributed by atoms with van der Waals surface area (Å²) in [7, 11) is 0. The van der Waals surface area contributed by atoms with Crippen molar-refractivity contribution in [2.24, 2.45) is 0 Å². The van der Waals surface area contributed by atoms with E-state index in [-0.39, 0.29) is 17.7 Å². The van der Waals surface area contributed by atoms with E-state index >= 15 is 0 Å². The van der Waals surface area contributed by atoms with Crippen LogP contribution in [0, 0.1) is 5.82 Å². The molecule has 0 spiro atoms. The minimum atomic E-state index is -0.498. The summed E-state index contributed by atoms with van der Waals surface area (Å²) in [5.74, 6) is 0.587. The first-order valence-corrected chi connectivity index (χ1v) is 8.80. The van der Waals surface area contributed by atoms with Gasteiger partial charge in [-0.2, -0.15) is 0 Å². The lowest BCUT2D eigenvalue weighted by atomic mass is 10.2. The molecule has 6 nitrogen and oxygen atoms in total. The summed E-state index contributed by atoms with van der Waals surface area (Å²) in [6.45, 7) is 0.538. The Balaban J connectivity index is 1.41. The van der Waals surface area contributed by atoms with E-state index < -0.39 is 5.82 Å². The molecule has 1 aromatic heterocycles. The van der Waals surface area contributed by atoms with E-state index in [2.05, 4.69) is 15.6 Å². The third kappa shape index (κ3) is 3.99.